The quantitative estimate of drug-likeness (QED) is 0.719. The van der Waals surface area contributed by atoms with Crippen LogP contribution in [0.2, 0.25) is 0 Å². The molecule has 1 fully saturated rings. The molecule has 0 aliphatic carbocycles. The molecule has 0 saturated carbocycles. The maximum atomic E-state index is 12.1. The zero-order valence-electron chi connectivity index (χ0n) is 11.5. The van der Waals surface area contributed by atoms with Crippen LogP contribution in [-0.2, 0) is 20.8 Å². The van der Waals surface area contributed by atoms with Crippen molar-refractivity contribution in [2.45, 2.75) is 20.3 Å². The van der Waals surface area contributed by atoms with Crippen LogP contribution in [-0.4, -0.2) is 29.2 Å². The van der Waals surface area contributed by atoms with Gasteiger partial charge >= 0.3 is 0 Å². The summed E-state index contributed by atoms with van der Waals surface area (Å²) in [6.07, 6.45) is 0.440. The average Bonchev–Trinajstić information content (AvgIpc) is 2.58. The molecule has 1 saturated heterocycles. The topological polar surface area (TPSA) is 77.5 Å². The summed E-state index contributed by atoms with van der Waals surface area (Å²) in [6, 6.07) is 7.73. The van der Waals surface area contributed by atoms with Gasteiger partial charge in [-0.05, 0) is 18.9 Å². The van der Waals surface area contributed by atoms with E-state index in [4.69, 9.17) is 0 Å². The monoisotopic (exact) mass is 274 g/mol. The number of hydrogen-bond donors (Lipinski definition) is 0. The number of carbonyl (C=O) groups excluding carboxylic acids is 3. The van der Waals surface area contributed by atoms with Crippen molar-refractivity contribution >= 4 is 17.8 Å². The first-order valence-corrected chi connectivity index (χ1v) is 6.50. The number of nitrogens with zero attached hydrogens (tertiary/aromatic N) is 1. The predicted molar refractivity (Wildman–Crippen MR) is 69.3 cm³/mol. The molecule has 5 heteroatoms. The molecular weight excluding hydrogens is 258 g/mol. The Kier molecular flexibility index (Phi) is 3.88. The van der Waals surface area contributed by atoms with E-state index < -0.39 is 36.2 Å². The highest BCUT2D eigenvalue weighted by atomic mass is 16.4. The van der Waals surface area contributed by atoms with Gasteiger partial charge in [0.2, 0.25) is 11.8 Å². The molecule has 2 atom stereocenters. The molecule has 2 rings (SSSR count). The first kappa shape index (κ1) is 14.2. The second-order valence-corrected chi connectivity index (χ2v) is 5.22. The molecule has 0 radical (unpaired) electrons. The van der Waals surface area contributed by atoms with Gasteiger partial charge in [-0.15, -0.1) is 0 Å². The Labute approximate surface area is 117 Å². The fourth-order valence-corrected chi connectivity index (χ4v) is 2.47. The van der Waals surface area contributed by atoms with Crippen molar-refractivity contribution < 1.29 is 19.5 Å². The molecule has 0 N–H and O–H groups in total. The minimum absolute atomic E-state index is 0.424. The second-order valence-electron chi connectivity index (χ2n) is 5.22. The number of imide groups is 1. The molecule has 0 spiro atoms. The molecule has 20 heavy (non-hydrogen) atoms. The number of benzene rings is 1. The molecule has 1 aliphatic heterocycles. The number of carboxylic acids is 1. The van der Waals surface area contributed by atoms with Crippen molar-refractivity contribution in [3.05, 3.63) is 35.4 Å². The van der Waals surface area contributed by atoms with Gasteiger partial charge in [-0.2, -0.15) is 0 Å². The maximum Gasteiger partial charge on any atom is 0.233 e. The molecule has 2 amide bonds. The summed E-state index contributed by atoms with van der Waals surface area (Å²) in [5.74, 6) is -3.27. The van der Waals surface area contributed by atoms with E-state index in [0.717, 1.165) is 16.0 Å². The fraction of sp³-hybridized carbons (Fsp3) is 0.400. The summed E-state index contributed by atoms with van der Waals surface area (Å²) < 4.78 is 0. The van der Waals surface area contributed by atoms with Gasteiger partial charge in [0.15, 0.2) is 0 Å². The third-order valence-electron chi connectivity index (χ3n) is 3.71. The molecule has 1 aromatic carbocycles. The van der Waals surface area contributed by atoms with Crippen LogP contribution in [0.15, 0.2) is 24.3 Å². The Morgan fingerprint density at radius 1 is 1.20 bits per heavy atom. The van der Waals surface area contributed by atoms with Crippen molar-refractivity contribution in [2.75, 3.05) is 6.54 Å². The summed E-state index contributed by atoms with van der Waals surface area (Å²) >= 11 is 0. The van der Waals surface area contributed by atoms with Crippen LogP contribution < -0.4 is 5.11 Å². The van der Waals surface area contributed by atoms with E-state index >= 15 is 0 Å². The van der Waals surface area contributed by atoms with E-state index in [9.17, 15) is 19.5 Å². The second kappa shape index (κ2) is 5.45. The minimum Gasteiger partial charge on any atom is -0.548 e. The van der Waals surface area contributed by atoms with E-state index in [0.29, 0.717) is 6.42 Å². The number of likely N-dealkylation sites (tertiary alicyclic amines) is 1. The summed E-state index contributed by atoms with van der Waals surface area (Å²) in [5, 5.41) is 10.6. The maximum absolute atomic E-state index is 12.1. The third-order valence-corrected chi connectivity index (χ3v) is 3.71. The lowest BCUT2D eigenvalue weighted by molar-refractivity contribution is -0.305. The normalized spacial score (nSPS) is 22.4. The number of hydrogen-bond acceptors (Lipinski definition) is 4. The van der Waals surface area contributed by atoms with Crippen molar-refractivity contribution in [3.8, 4) is 0 Å². The van der Waals surface area contributed by atoms with Gasteiger partial charge in [-0.1, -0.05) is 36.8 Å². The van der Waals surface area contributed by atoms with Crippen molar-refractivity contribution in [1.29, 1.82) is 0 Å². The average molecular weight is 274 g/mol. The highest BCUT2D eigenvalue weighted by Gasteiger charge is 2.44. The smallest absolute Gasteiger partial charge is 0.233 e. The lowest BCUT2D eigenvalue weighted by Gasteiger charge is -2.15. The van der Waals surface area contributed by atoms with Gasteiger partial charge in [0.1, 0.15) is 0 Å². The van der Waals surface area contributed by atoms with Crippen LogP contribution in [0, 0.1) is 18.8 Å². The molecule has 5 nitrogen and oxygen atoms in total. The fourth-order valence-electron chi connectivity index (χ4n) is 2.47. The zero-order valence-corrected chi connectivity index (χ0v) is 11.5. The highest BCUT2D eigenvalue weighted by molar-refractivity contribution is 6.06. The number of rotatable bonds is 4. The highest BCUT2D eigenvalue weighted by Crippen LogP contribution is 2.28. The summed E-state index contributed by atoms with van der Waals surface area (Å²) in [6.45, 7) is 2.97. The van der Waals surface area contributed by atoms with Crippen molar-refractivity contribution in [3.63, 3.8) is 0 Å². The van der Waals surface area contributed by atoms with Gasteiger partial charge < -0.3 is 9.90 Å². The molecule has 0 unspecified atom stereocenters. The van der Waals surface area contributed by atoms with E-state index in [-0.39, 0.29) is 0 Å². The van der Waals surface area contributed by atoms with Crippen LogP contribution in [0.3, 0.4) is 0 Å². The van der Waals surface area contributed by atoms with Crippen LogP contribution in [0.25, 0.3) is 0 Å². The van der Waals surface area contributed by atoms with Gasteiger partial charge in [-0.25, -0.2) is 0 Å². The third kappa shape index (κ3) is 2.71. The van der Waals surface area contributed by atoms with Gasteiger partial charge in [0, 0.05) is 5.92 Å². The van der Waals surface area contributed by atoms with Gasteiger partial charge in [-0.3, -0.25) is 14.5 Å². The standard InChI is InChI=1S/C15H17NO4/c1-9-3-5-11(6-4-9)7-12-10(2)14(19)16(15(12)20)8-13(17)18/h3-6,10,12H,7-8H2,1-2H3,(H,17,18)/p-1/t10-,12+/m0/s1. The van der Waals surface area contributed by atoms with Crippen LogP contribution in [0.4, 0.5) is 0 Å². The summed E-state index contributed by atoms with van der Waals surface area (Å²) in [5.41, 5.74) is 2.08. The first-order valence-electron chi connectivity index (χ1n) is 6.50. The molecular formula is C15H16NO4-. The van der Waals surface area contributed by atoms with Gasteiger partial charge in [0.05, 0.1) is 18.4 Å². The number of amides is 2. The number of carboxylic acid groups (broad SMARTS) is 1. The molecule has 0 aromatic heterocycles. The van der Waals surface area contributed by atoms with Gasteiger partial charge in [0.25, 0.3) is 0 Å². The minimum atomic E-state index is -1.42. The number of carbonyl (C=O) groups is 3. The van der Waals surface area contributed by atoms with Crippen LogP contribution in [0.5, 0.6) is 0 Å². The molecule has 0 bridgehead atoms. The van der Waals surface area contributed by atoms with E-state index in [1.165, 1.54) is 0 Å². The Hall–Kier alpha value is -2.17. The van der Waals surface area contributed by atoms with E-state index in [1.807, 2.05) is 31.2 Å². The van der Waals surface area contributed by atoms with Crippen molar-refractivity contribution in [1.82, 2.24) is 4.90 Å². The Bertz CT molecular complexity index is 549. The van der Waals surface area contributed by atoms with Crippen molar-refractivity contribution in [2.24, 2.45) is 11.8 Å². The predicted octanol–water partition coefficient (Wildman–Crippen LogP) is -0.0915. The largest absolute Gasteiger partial charge is 0.548 e. The molecule has 1 heterocycles. The Balaban J connectivity index is 2.16. The lowest BCUT2D eigenvalue weighted by atomic mass is 9.90. The zero-order chi connectivity index (χ0) is 14.9. The van der Waals surface area contributed by atoms with E-state index in [2.05, 4.69) is 0 Å². The molecule has 1 aromatic rings. The molecule has 1 aliphatic rings. The summed E-state index contributed by atoms with van der Waals surface area (Å²) in [4.78, 5) is 35.5. The lowest BCUT2D eigenvalue weighted by Crippen LogP contribution is -2.41. The summed E-state index contributed by atoms with van der Waals surface area (Å²) in [7, 11) is 0. The number of aryl methyl sites for hydroxylation is 1. The van der Waals surface area contributed by atoms with Crippen LogP contribution in [0.1, 0.15) is 18.1 Å². The Morgan fingerprint density at radius 3 is 2.35 bits per heavy atom. The van der Waals surface area contributed by atoms with Crippen LogP contribution >= 0.6 is 0 Å². The molecule has 106 valence electrons. The Morgan fingerprint density at radius 2 is 1.80 bits per heavy atom. The van der Waals surface area contributed by atoms with E-state index in [1.54, 1.807) is 6.92 Å². The first-order chi connectivity index (χ1) is 9.40. The number of aliphatic carboxylic acids is 1. The SMILES string of the molecule is Cc1ccc(C[C@H]2C(=O)N(CC(=O)[O-])C(=O)[C@H]2C)cc1.